The Labute approximate surface area is 162 Å². The number of piperidine rings is 2. The van der Waals surface area contributed by atoms with E-state index in [-0.39, 0.29) is 0 Å². The van der Waals surface area contributed by atoms with Crippen molar-refractivity contribution in [2.45, 2.75) is 45.2 Å². The SMILES string of the molecule is CC1CCCN(c2cc(NC3CCN(Cc4ccccn4)CC3)ncn2)C1. The summed E-state index contributed by atoms with van der Waals surface area (Å²) in [5.74, 6) is 2.77. The first-order valence-electron chi connectivity index (χ1n) is 10.2. The smallest absolute Gasteiger partial charge is 0.134 e. The number of pyridine rings is 1. The highest BCUT2D eigenvalue weighted by Gasteiger charge is 2.21. The van der Waals surface area contributed by atoms with Gasteiger partial charge in [0.25, 0.3) is 0 Å². The van der Waals surface area contributed by atoms with Crippen molar-refractivity contribution in [2.24, 2.45) is 5.92 Å². The number of nitrogens with zero attached hydrogens (tertiary/aromatic N) is 5. The molecule has 4 rings (SSSR count). The molecule has 1 unspecified atom stereocenters. The minimum absolute atomic E-state index is 0.480. The van der Waals surface area contributed by atoms with Crippen LogP contribution in [0.15, 0.2) is 36.8 Å². The van der Waals surface area contributed by atoms with E-state index < -0.39 is 0 Å². The molecule has 1 N–H and O–H groups in total. The van der Waals surface area contributed by atoms with Crippen LogP contribution in [0.3, 0.4) is 0 Å². The summed E-state index contributed by atoms with van der Waals surface area (Å²) in [6, 6.07) is 8.74. The Bertz CT molecular complexity index is 714. The Kier molecular flexibility index (Phi) is 5.82. The summed E-state index contributed by atoms with van der Waals surface area (Å²) in [4.78, 5) is 18.3. The second kappa shape index (κ2) is 8.65. The van der Waals surface area contributed by atoms with E-state index in [2.05, 4.69) is 55.2 Å². The van der Waals surface area contributed by atoms with Crippen LogP contribution in [0.1, 0.15) is 38.3 Å². The number of anilines is 2. The maximum atomic E-state index is 4.51. The average Bonchev–Trinajstić information content (AvgIpc) is 2.71. The van der Waals surface area contributed by atoms with Gasteiger partial charge < -0.3 is 10.2 Å². The number of nitrogens with one attached hydrogen (secondary N) is 1. The molecule has 0 spiro atoms. The highest BCUT2D eigenvalue weighted by molar-refractivity contribution is 5.49. The van der Waals surface area contributed by atoms with Gasteiger partial charge in [-0.05, 0) is 43.7 Å². The molecule has 2 aliphatic rings. The van der Waals surface area contributed by atoms with Crippen molar-refractivity contribution in [1.29, 1.82) is 0 Å². The quantitative estimate of drug-likeness (QED) is 0.877. The number of likely N-dealkylation sites (tertiary alicyclic amines) is 1. The van der Waals surface area contributed by atoms with E-state index >= 15 is 0 Å². The maximum Gasteiger partial charge on any atom is 0.134 e. The van der Waals surface area contributed by atoms with Gasteiger partial charge in [-0.15, -0.1) is 0 Å². The highest BCUT2D eigenvalue weighted by atomic mass is 15.2. The van der Waals surface area contributed by atoms with Crippen molar-refractivity contribution in [1.82, 2.24) is 19.9 Å². The molecule has 0 aliphatic carbocycles. The molecule has 6 heteroatoms. The summed E-state index contributed by atoms with van der Waals surface area (Å²) in [5, 5.41) is 3.64. The van der Waals surface area contributed by atoms with E-state index in [9.17, 15) is 0 Å². The molecule has 0 amide bonds. The Hall–Kier alpha value is -2.21. The molecule has 1 atom stereocenters. The van der Waals surface area contributed by atoms with Crippen molar-refractivity contribution in [3.05, 3.63) is 42.5 Å². The van der Waals surface area contributed by atoms with Crippen molar-refractivity contribution in [3.8, 4) is 0 Å². The lowest BCUT2D eigenvalue weighted by Crippen LogP contribution is -2.39. The Morgan fingerprint density at radius 1 is 1.07 bits per heavy atom. The van der Waals surface area contributed by atoms with Crippen molar-refractivity contribution < 1.29 is 0 Å². The Morgan fingerprint density at radius 3 is 2.74 bits per heavy atom. The van der Waals surface area contributed by atoms with Crippen molar-refractivity contribution in [3.63, 3.8) is 0 Å². The van der Waals surface area contributed by atoms with Gasteiger partial charge in [0.2, 0.25) is 0 Å². The summed E-state index contributed by atoms with van der Waals surface area (Å²) in [7, 11) is 0. The lowest BCUT2D eigenvalue weighted by molar-refractivity contribution is 0.209. The summed E-state index contributed by atoms with van der Waals surface area (Å²) in [6.07, 6.45) is 8.42. The molecule has 2 aliphatic heterocycles. The van der Waals surface area contributed by atoms with Crippen LogP contribution in [0.5, 0.6) is 0 Å². The molecule has 6 nitrogen and oxygen atoms in total. The molecular weight excluding hydrogens is 336 g/mol. The summed E-state index contributed by atoms with van der Waals surface area (Å²) >= 11 is 0. The second-order valence-corrected chi connectivity index (χ2v) is 7.97. The first-order valence-corrected chi connectivity index (χ1v) is 10.2. The van der Waals surface area contributed by atoms with Gasteiger partial charge in [0.05, 0.1) is 5.69 Å². The average molecular weight is 367 g/mol. The van der Waals surface area contributed by atoms with E-state index in [1.807, 2.05) is 12.3 Å². The summed E-state index contributed by atoms with van der Waals surface area (Å²) < 4.78 is 0. The lowest BCUT2D eigenvalue weighted by atomic mass is 10.0. The van der Waals surface area contributed by atoms with Crippen LogP contribution < -0.4 is 10.2 Å². The van der Waals surface area contributed by atoms with Crippen LogP contribution in [0.4, 0.5) is 11.6 Å². The normalized spacial score (nSPS) is 22.0. The molecule has 4 heterocycles. The summed E-state index contributed by atoms with van der Waals surface area (Å²) in [5.41, 5.74) is 1.15. The molecule has 2 saturated heterocycles. The third kappa shape index (κ3) is 4.95. The van der Waals surface area contributed by atoms with E-state index in [1.54, 1.807) is 6.33 Å². The molecule has 0 radical (unpaired) electrons. The zero-order valence-electron chi connectivity index (χ0n) is 16.2. The number of hydrogen-bond acceptors (Lipinski definition) is 6. The van der Waals surface area contributed by atoms with Gasteiger partial charge in [0, 0.05) is 51.0 Å². The molecular formula is C21H30N6. The molecule has 0 aromatic carbocycles. The van der Waals surface area contributed by atoms with E-state index in [4.69, 9.17) is 0 Å². The first-order chi connectivity index (χ1) is 13.3. The van der Waals surface area contributed by atoms with Gasteiger partial charge in [0.15, 0.2) is 0 Å². The molecule has 2 aromatic heterocycles. The fourth-order valence-corrected chi connectivity index (χ4v) is 4.16. The lowest BCUT2D eigenvalue weighted by Gasteiger charge is -2.33. The van der Waals surface area contributed by atoms with Gasteiger partial charge in [-0.25, -0.2) is 9.97 Å². The van der Waals surface area contributed by atoms with Crippen LogP contribution in [0.25, 0.3) is 0 Å². The fourth-order valence-electron chi connectivity index (χ4n) is 4.16. The van der Waals surface area contributed by atoms with Crippen LogP contribution in [0.2, 0.25) is 0 Å². The predicted octanol–water partition coefficient (Wildman–Crippen LogP) is 3.18. The van der Waals surface area contributed by atoms with Gasteiger partial charge in [-0.3, -0.25) is 9.88 Å². The Balaban J connectivity index is 1.29. The second-order valence-electron chi connectivity index (χ2n) is 7.97. The standard InChI is InChI=1S/C21H30N6/c1-17-5-4-10-27(14-17)21-13-20(23-16-24-21)25-18-7-11-26(12-8-18)15-19-6-2-3-9-22-19/h2-3,6,9,13,16-18H,4-5,7-8,10-12,14-15H2,1H3,(H,23,24,25). The van der Waals surface area contributed by atoms with Gasteiger partial charge >= 0.3 is 0 Å². The maximum absolute atomic E-state index is 4.51. The summed E-state index contributed by atoms with van der Waals surface area (Å²) in [6.45, 7) is 7.66. The van der Waals surface area contributed by atoms with Crippen molar-refractivity contribution >= 4 is 11.6 Å². The Morgan fingerprint density at radius 2 is 1.96 bits per heavy atom. The molecule has 27 heavy (non-hydrogen) atoms. The fraction of sp³-hybridized carbons (Fsp3) is 0.571. The van der Waals surface area contributed by atoms with Crippen LogP contribution >= 0.6 is 0 Å². The minimum atomic E-state index is 0.480. The monoisotopic (exact) mass is 366 g/mol. The van der Waals surface area contributed by atoms with Gasteiger partial charge in [-0.1, -0.05) is 13.0 Å². The molecule has 0 bridgehead atoms. The topological polar surface area (TPSA) is 57.2 Å². The van der Waals surface area contributed by atoms with Crippen molar-refractivity contribution in [2.75, 3.05) is 36.4 Å². The number of rotatable bonds is 5. The predicted molar refractivity (Wildman–Crippen MR) is 109 cm³/mol. The third-order valence-corrected chi connectivity index (χ3v) is 5.68. The molecule has 144 valence electrons. The zero-order chi connectivity index (χ0) is 18.5. The molecule has 2 aromatic rings. The zero-order valence-corrected chi connectivity index (χ0v) is 16.2. The van der Waals surface area contributed by atoms with E-state index in [1.165, 1.54) is 12.8 Å². The van der Waals surface area contributed by atoms with Gasteiger partial charge in [0.1, 0.15) is 18.0 Å². The third-order valence-electron chi connectivity index (χ3n) is 5.68. The van der Waals surface area contributed by atoms with Crippen LogP contribution in [-0.4, -0.2) is 52.1 Å². The number of hydrogen-bond donors (Lipinski definition) is 1. The molecule has 2 fully saturated rings. The largest absolute Gasteiger partial charge is 0.367 e. The highest BCUT2D eigenvalue weighted by Crippen LogP contribution is 2.23. The van der Waals surface area contributed by atoms with E-state index in [0.29, 0.717) is 6.04 Å². The molecule has 0 saturated carbocycles. The first kappa shape index (κ1) is 18.2. The van der Waals surface area contributed by atoms with E-state index in [0.717, 1.165) is 68.8 Å². The minimum Gasteiger partial charge on any atom is -0.367 e. The van der Waals surface area contributed by atoms with Gasteiger partial charge in [-0.2, -0.15) is 0 Å². The van der Waals surface area contributed by atoms with Crippen LogP contribution in [0, 0.1) is 5.92 Å². The number of aromatic nitrogens is 3. The van der Waals surface area contributed by atoms with Crippen LogP contribution in [-0.2, 0) is 6.54 Å².